The maximum absolute atomic E-state index is 4.68. The third-order valence-electron chi connectivity index (χ3n) is 3.91. The molecule has 0 bridgehead atoms. The zero-order chi connectivity index (χ0) is 13.1. The minimum absolute atomic E-state index is 0.766. The standard InChI is InChI=1S/C16H11N4/c1-3-7-13-11(5-1)17-15-9-16-18-12-6-2-4-8-14(12)20(16)10-19(13)15/h1-9H,10H2/q+1. The van der Waals surface area contributed by atoms with Crippen LogP contribution in [0.15, 0.2) is 59.3 Å². The number of benzene rings is 2. The van der Waals surface area contributed by atoms with Gasteiger partial charge in [0.05, 0.1) is 17.1 Å². The van der Waals surface area contributed by atoms with Crippen LogP contribution in [0.25, 0.3) is 17.1 Å². The lowest BCUT2D eigenvalue weighted by molar-refractivity contribution is 0.537. The van der Waals surface area contributed by atoms with Crippen molar-refractivity contribution in [1.82, 2.24) is 14.1 Å². The van der Waals surface area contributed by atoms with Crippen molar-refractivity contribution in [2.45, 2.75) is 6.67 Å². The normalized spacial score (nSPS) is 15.4. The molecule has 0 spiro atoms. The zero-order valence-electron chi connectivity index (χ0n) is 10.7. The number of aromatic nitrogens is 2. The monoisotopic (exact) mass is 259 g/mol. The molecule has 2 aromatic carbocycles. The van der Waals surface area contributed by atoms with Gasteiger partial charge in [0, 0.05) is 0 Å². The first-order valence-corrected chi connectivity index (χ1v) is 6.65. The highest BCUT2D eigenvalue weighted by molar-refractivity contribution is 5.78. The summed E-state index contributed by atoms with van der Waals surface area (Å²) in [5.74, 6) is 1.96. The maximum atomic E-state index is 4.68. The molecule has 0 saturated carbocycles. The summed E-state index contributed by atoms with van der Waals surface area (Å²) in [6.45, 7) is 0.766. The highest BCUT2D eigenvalue weighted by Gasteiger charge is 2.28. The average Bonchev–Trinajstić information content (AvgIpc) is 3.02. The predicted octanol–water partition coefficient (Wildman–Crippen LogP) is 1.13. The first-order valence-electron chi connectivity index (χ1n) is 6.65. The van der Waals surface area contributed by atoms with Gasteiger partial charge in [0.2, 0.25) is 5.36 Å². The summed E-state index contributed by atoms with van der Waals surface area (Å²) in [6.07, 6.45) is 2.06. The summed E-state index contributed by atoms with van der Waals surface area (Å²) >= 11 is 0. The van der Waals surface area contributed by atoms with Crippen LogP contribution >= 0.6 is 0 Å². The van der Waals surface area contributed by atoms with Crippen molar-refractivity contribution in [1.29, 1.82) is 0 Å². The third-order valence-corrected chi connectivity index (χ3v) is 3.91. The lowest BCUT2D eigenvalue weighted by Crippen LogP contribution is -2.35. The zero-order valence-corrected chi connectivity index (χ0v) is 10.7. The van der Waals surface area contributed by atoms with E-state index in [1.165, 1.54) is 10.9 Å². The van der Waals surface area contributed by atoms with Gasteiger partial charge >= 0.3 is 5.82 Å². The number of fused-ring (bicyclic) bond motifs is 5. The molecule has 0 N–H and O–H groups in total. The molecule has 0 radical (unpaired) electrons. The first kappa shape index (κ1) is 10.1. The minimum Gasteiger partial charge on any atom is -0.286 e. The molecule has 0 saturated heterocycles. The van der Waals surface area contributed by atoms with E-state index in [1.807, 2.05) is 12.1 Å². The van der Waals surface area contributed by atoms with E-state index >= 15 is 0 Å². The fourth-order valence-corrected chi connectivity index (χ4v) is 2.96. The summed E-state index contributed by atoms with van der Waals surface area (Å²) in [5.41, 5.74) is 2.20. The van der Waals surface area contributed by atoms with Crippen LogP contribution in [0, 0.1) is 0 Å². The van der Waals surface area contributed by atoms with Gasteiger partial charge in [0.25, 0.3) is 0 Å². The Bertz CT molecular complexity index is 1020. The maximum Gasteiger partial charge on any atom is 0.329 e. The molecule has 94 valence electrons. The lowest BCUT2D eigenvalue weighted by Gasteiger charge is -2.11. The van der Waals surface area contributed by atoms with Gasteiger partial charge in [-0.25, -0.2) is 9.56 Å². The Morgan fingerprint density at radius 3 is 2.85 bits per heavy atom. The molecule has 2 aliphatic rings. The second kappa shape index (κ2) is 3.42. The lowest BCUT2D eigenvalue weighted by atomic mass is 10.3. The van der Waals surface area contributed by atoms with Crippen LogP contribution < -0.4 is 15.3 Å². The van der Waals surface area contributed by atoms with E-state index in [0.29, 0.717) is 0 Å². The highest BCUT2D eigenvalue weighted by Crippen LogP contribution is 2.22. The van der Waals surface area contributed by atoms with Crippen molar-refractivity contribution < 1.29 is 0 Å². The van der Waals surface area contributed by atoms with Gasteiger partial charge in [-0.3, -0.25) is 4.57 Å². The summed E-state index contributed by atoms with van der Waals surface area (Å²) in [6, 6.07) is 16.5. The predicted molar refractivity (Wildman–Crippen MR) is 76.2 cm³/mol. The molecule has 20 heavy (non-hydrogen) atoms. The molecule has 5 rings (SSSR count). The van der Waals surface area contributed by atoms with E-state index in [0.717, 1.165) is 29.2 Å². The van der Waals surface area contributed by atoms with Crippen LogP contribution in [0.3, 0.4) is 0 Å². The van der Waals surface area contributed by atoms with Crippen molar-refractivity contribution in [2.75, 3.05) is 0 Å². The van der Waals surface area contributed by atoms with Crippen LogP contribution in [-0.4, -0.2) is 9.55 Å². The number of nitrogens with zero attached hydrogens (tertiary/aromatic N) is 4. The van der Waals surface area contributed by atoms with Gasteiger partial charge in [0.1, 0.15) is 5.82 Å². The quantitative estimate of drug-likeness (QED) is 0.557. The van der Waals surface area contributed by atoms with Gasteiger partial charge < -0.3 is 0 Å². The number of hydrogen-bond donors (Lipinski definition) is 0. The van der Waals surface area contributed by atoms with Gasteiger partial charge in [-0.2, -0.15) is 0 Å². The second-order valence-electron chi connectivity index (χ2n) is 5.06. The van der Waals surface area contributed by atoms with E-state index < -0.39 is 0 Å². The van der Waals surface area contributed by atoms with E-state index in [1.54, 1.807) is 0 Å². The Kier molecular flexibility index (Phi) is 1.72. The summed E-state index contributed by atoms with van der Waals surface area (Å²) in [5, 5.41) is 2.20. The smallest absolute Gasteiger partial charge is 0.286 e. The number of imidazole rings is 1. The molecule has 1 aromatic heterocycles. The molecule has 0 aliphatic carbocycles. The van der Waals surface area contributed by atoms with Gasteiger partial charge in [0.15, 0.2) is 12.0 Å². The van der Waals surface area contributed by atoms with Crippen LogP contribution in [0.4, 0.5) is 0 Å². The largest absolute Gasteiger partial charge is 0.329 e. The van der Waals surface area contributed by atoms with Crippen molar-refractivity contribution in [2.24, 2.45) is 4.99 Å². The van der Waals surface area contributed by atoms with Crippen molar-refractivity contribution >= 4 is 17.1 Å². The number of para-hydroxylation sites is 4. The van der Waals surface area contributed by atoms with Gasteiger partial charge in [-0.1, -0.05) is 24.3 Å². The fourth-order valence-electron chi connectivity index (χ4n) is 2.96. The summed E-state index contributed by atoms with van der Waals surface area (Å²) < 4.78 is 4.47. The Balaban J connectivity index is 1.87. The molecular weight excluding hydrogens is 248 g/mol. The van der Waals surface area contributed by atoms with E-state index in [2.05, 4.69) is 61.6 Å². The average molecular weight is 259 g/mol. The molecule has 4 nitrogen and oxygen atoms in total. The topological polar surface area (TPSA) is 33.2 Å². The Labute approximate surface area is 114 Å². The molecule has 0 amide bonds. The second-order valence-corrected chi connectivity index (χ2v) is 5.06. The summed E-state index contributed by atoms with van der Waals surface area (Å²) in [7, 11) is 0. The minimum atomic E-state index is 0.766. The van der Waals surface area contributed by atoms with Crippen molar-refractivity contribution in [3.63, 3.8) is 0 Å². The molecule has 0 fully saturated rings. The highest BCUT2D eigenvalue weighted by atomic mass is 15.3. The van der Waals surface area contributed by atoms with Crippen LogP contribution in [0.1, 0.15) is 5.82 Å². The van der Waals surface area contributed by atoms with E-state index in [4.69, 9.17) is 0 Å². The van der Waals surface area contributed by atoms with Crippen LogP contribution in [0.5, 0.6) is 0 Å². The Morgan fingerprint density at radius 2 is 1.85 bits per heavy atom. The summed E-state index contributed by atoms with van der Waals surface area (Å²) in [4.78, 5) is 9.35. The SMILES string of the molecule is C1=C2N=c3ccccc3=[N+]2Cn2c1nc1ccccc12. The number of rotatable bonds is 0. The van der Waals surface area contributed by atoms with Crippen LogP contribution in [-0.2, 0) is 6.67 Å². The first-order chi connectivity index (χ1) is 9.90. The molecule has 3 heterocycles. The molecule has 0 atom stereocenters. The van der Waals surface area contributed by atoms with E-state index in [9.17, 15) is 0 Å². The molecule has 4 heteroatoms. The number of hydrogen-bond acceptors (Lipinski definition) is 2. The van der Waals surface area contributed by atoms with E-state index in [-0.39, 0.29) is 0 Å². The van der Waals surface area contributed by atoms with Crippen molar-refractivity contribution in [3.05, 3.63) is 70.9 Å². The fraction of sp³-hybridized carbons (Fsp3) is 0.0625. The Morgan fingerprint density at radius 1 is 1.00 bits per heavy atom. The molecule has 2 aliphatic heterocycles. The van der Waals surface area contributed by atoms with Gasteiger partial charge in [-0.15, -0.1) is 0 Å². The Hall–Kier alpha value is -2.75. The van der Waals surface area contributed by atoms with Crippen molar-refractivity contribution in [3.8, 4) is 0 Å². The van der Waals surface area contributed by atoms with Gasteiger partial charge in [-0.05, 0) is 29.3 Å². The van der Waals surface area contributed by atoms with Crippen LogP contribution in [0.2, 0.25) is 0 Å². The molecular formula is C16H11N4+. The molecule has 0 unspecified atom stereocenters. The molecule has 3 aromatic rings. The third kappa shape index (κ3) is 1.18.